The molecule has 0 spiro atoms. The zero-order valence-corrected chi connectivity index (χ0v) is 12.2. The molecule has 0 heterocycles. The maximum absolute atomic E-state index is 12.2. The van der Waals surface area contributed by atoms with Crippen molar-refractivity contribution in [3.05, 3.63) is 33.9 Å². The summed E-state index contributed by atoms with van der Waals surface area (Å²) in [5.41, 5.74) is 6.16. The lowest BCUT2D eigenvalue weighted by Crippen LogP contribution is -2.37. The third-order valence-electron chi connectivity index (χ3n) is 4.23. The highest BCUT2D eigenvalue weighted by Crippen LogP contribution is 2.35. The van der Waals surface area contributed by atoms with Crippen molar-refractivity contribution in [1.82, 2.24) is 5.32 Å². The SMILES string of the molecule is CC1(CNC(=O)c2cc([N+](=O)[O-])ccc2N)CCCCC1. The van der Waals surface area contributed by atoms with Crippen molar-refractivity contribution in [2.45, 2.75) is 39.0 Å². The molecule has 1 aromatic rings. The Morgan fingerprint density at radius 1 is 1.38 bits per heavy atom. The number of hydrogen-bond acceptors (Lipinski definition) is 4. The minimum Gasteiger partial charge on any atom is -0.398 e. The number of non-ortho nitro benzene ring substituents is 1. The third-order valence-corrected chi connectivity index (χ3v) is 4.23. The fourth-order valence-corrected chi connectivity index (χ4v) is 2.83. The summed E-state index contributed by atoms with van der Waals surface area (Å²) in [5, 5.41) is 13.7. The van der Waals surface area contributed by atoms with Crippen LogP contribution in [0.1, 0.15) is 49.4 Å². The molecule has 0 atom stereocenters. The van der Waals surface area contributed by atoms with Crippen LogP contribution in [0, 0.1) is 15.5 Å². The first-order valence-electron chi connectivity index (χ1n) is 7.23. The van der Waals surface area contributed by atoms with Crippen molar-refractivity contribution in [2.24, 2.45) is 5.41 Å². The van der Waals surface area contributed by atoms with E-state index in [1.807, 2.05) is 0 Å². The number of carbonyl (C=O) groups is 1. The molecule has 0 saturated heterocycles. The Morgan fingerprint density at radius 3 is 2.67 bits per heavy atom. The van der Waals surface area contributed by atoms with E-state index < -0.39 is 4.92 Å². The smallest absolute Gasteiger partial charge is 0.270 e. The molecule has 1 amide bonds. The summed E-state index contributed by atoms with van der Waals surface area (Å²) in [4.78, 5) is 22.5. The van der Waals surface area contributed by atoms with Crippen LogP contribution in [-0.2, 0) is 0 Å². The molecule has 0 bridgehead atoms. The highest BCUT2D eigenvalue weighted by atomic mass is 16.6. The number of nitrogen functional groups attached to an aromatic ring is 1. The van der Waals surface area contributed by atoms with Gasteiger partial charge < -0.3 is 11.1 Å². The number of benzene rings is 1. The zero-order chi connectivity index (χ0) is 15.5. The van der Waals surface area contributed by atoms with Gasteiger partial charge in [-0.05, 0) is 24.3 Å². The van der Waals surface area contributed by atoms with Gasteiger partial charge in [0.15, 0.2) is 0 Å². The van der Waals surface area contributed by atoms with Gasteiger partial charge in [-0.2, -0.15) is 0 Å². The molecule has 1 aliphatic carbocycles. The molecular formula is C15H21N3O3. The van der Waals surface area contributed by atoms with Crippen molar-refractivity contribution >= 4 is 17.3 Å². The minimum atomic E-state index is -0.529. The summed E-state index contributed by atoms with van der Waals surface area (Å²) in [6.45, 7) is 2.75. The van der Waals surface area contributed by atoms with E-state index in [0.717, 1.165) is 12.8 Å². The molecule has 21 heavy (non-hydrogen) atoms. The van der Waals surface area contributed by atoms with Crippen LogP contribution in [0.4, 0.5) is 11.4 Å². The van der Waals surface area contributed by atoms with E-state index in [4.69, 9.17) is 5.73 Å². The second-order valence-corrected chi connectivity index (χ2v) is 6.08. The number of hydrogen-bond donors (Lipinski definition) is 2. The van der Waals surface area contributed by atoms with Crippen LogP contribution in [0.25, 0.3) is 0 Å². The number of carbonyl (C=O) groups excluding carboxylic acids is 1. The Morgan fingerprint density at radius 2 is 2.05 bits per heavy atom. The normalized spacial score (nSPS) is 17.2. The first-order chi connectivity index (χ1) is 9.91. The maximum Gasteiger partial charge on any atom is 0.270 e. The van der Waals surface area contributed by atoms with Crippen LogP contribution < -0.4 is 11.1 Å². The molecule has 0 aliphatic heterocycles. The Hall–Kier alpha value is -2.11. The number of amides is 1. The molecule has 0 radical (unpaired) electrons. The Labute approximate surface area is 123 Å². The summed E-state index contributed by atoms with van der Waals surface area (Å²) in [6, 6.07) is 3.93. The monoisotopic (exact) mass is 291 g/mol. The second-order valence-electron chi connectivity index (χ2n) is 6.08. The van der Waals surface area contributed by atoms with Gasteiger partial charge in [0, 0.05) is 24.4 Å². The van der Waals surface area contributed by atoms with Gasteiger partial charge in [0.25, 0.3) is 11.6 Å². The Bertz CT molecular complexity index is 551. The van der Waals surface area contributed by atoms with Crippen LogP contribution in [0.2, 0.25) is 0 Å². The van der Waals surface area contributed by atoms with Crippen LogP contribution in [-0.4, -0.2) is 17.4 Å². The first-order valence-corrected chi connectivity index (χ1v) is 7.23. The predicted molar refractivity (Wildman–Crippen MR) is 81.0 cm³/mol. The highest BCUT2D eigenvalue weighted by Gasteiger charge is 2.27. The zero-order valence-electron chi connectivity index (χ0n) is 12.2. The average molecular weight is 291 g/mol. The summed E-state index contributed by atoms with van der Waals surface area (Å²) in [7, 11) is 0. The molecule has 1 saturated carbocycles. The van der Waals surface area contributed by atoms with E-state index in [-0.39, 0.29) is 28.3 Å². The van der Waals surface area contributed by atoms with Gasteiger partial charge in [-0.25, -0.2) is 0 Å². The number of nitrogens with zero attached hydrogens (tertiary/aromatic N) is 1. The standard InChI is InChI=1S/C15H21N3O3/c1-15(7-3-2-4-8-15)10-17-14(19)12-9-11(18(20)21)5-6-13(12)16/h5-6,9H,2-4,7-8,10,16H2,1H3,(H,17,19). The quantitative estimate of drug-likeness (QED) is 0.506. The van der Waals surface area contributed by atoms with Gasteiger partial charge >= 0.3 is 0 Å². The molecule has 0 unspecified atom stereocenters. The van der Waals surface area contributed by atoms with Gasteiger partial charge in [-0.1, -0.05) is 26.2 Å². The number of rotatable bonds is 4. The van der Waals surface area contributed by atoms with Crippen molar-refractivity contribution in [2.75, 3.05) is 12.3 Å². The molecule has 6 heteroatoms. The third kappa shape index (κ3) is 3.71. The van der Waals surface area contributed by atoms with E-state index in [1.54, 1.807) is 0 Å². The van der Waals surface area contributed by atoms with Crippen molar-refractivity contribution in [3.63, 3.8) is 0 Å². The number of nitro groups is 1. The van der Waals surface area contributed by atoms with Crippen molar-refractivity contribution in [1.29, 1.82) is 0 Å². The molecule has 6 nitrogen and oxygen atoms in total. The van der Waals surface area contributed by atoms with E-state index in [2.05, 4.69) is 12.2 Å². The lowest BCUT2D eigenvalue weighted by atomic mass is 9.76. The highest BCUT2D eigenvalue weighted by molar-refractivity contribution is 5.99. The van der Waals surface area contributed by atoms with E-state index in [9.17, 15) is 14.9 Å². The van der Waals surface area contributed by atoms with E-state index in [0.29, 0.717) is 6.54 Å². The van der Waals surface area contributed by atoms with Gasteiger partial charge in [-0.3, -0.25) is 14.9 Å². The van der Waals surface area contributed by atoms with Gasteiger partial charge in [0.1, 0.15) is 0 Å². The topological polar surface area (TPSA) is 98.3 Å². The lowest BCUT2D eigenvalue weighted by molar-refractivity contribution is -0.384. The summed E-state index contributed by atoms with van der Waals surface area (Å²) in [6.07, 6.45) is 5.81. The maximum atomic E-state index is 12.2. The minimum absolute atomic E-state index is 0.114. The first kappa shape index (κ1) is 15.3. The Balaban J connectivity index is 2.06. The van der Waals surface area contributed by atoms with Gasteiger partial charge in [-0.15, -0.1) is 0 Å². The van der Waals surface area contributed by atoms with Crippen LogP contribution in [0.15, 0.2) is 18.2 Å². The van der Waals surface area contributed by atoms with E-state index in [1.165, 1.54) is 37.5 Å². The molecule has 1 fully saturated rings. The number of nitro benzene ring substituents is 1. The van der Waals surface area contributed by atoms with Gasteiger partial charge in [0.05, 0.1) is 10.5 Å². The predicted octanol–water partition coefficient (Wildman–Crippen LogP) is 2.88. The van der Waals surface area contributed by atoms with E-state index >= 15 is 0 Å². The molecular weight excluding hydrogens is 270 g/mol. The van der Waals surface area contributed by atoms with Crippen LogP contribution >= 0.6 is 0 Å². The second kappa shape index (κ2) is 6.11. The summed E-state index contributed by atoms with van der Waals surface area (Å²) < 4.78 is 0. The number of anilines is 1. The average Bonchev–Trinajstić information content (AvgIpc) is 2.46. The molecule has 3 N–H and O–H groups in total. The summed E-state index contributed by atoms with van der Waals surface area (Å²) in [5.74, 6) is -0.344. The van der Waals surface area contributed by atoms with Crippen LogP contribution in [0.5, 0.6) is 0 Å². The molecule has 114 valence electrons. The summed E-state index contributed by atoms with van der Waals surface area (Å²) >= 11 is 0. The molecule has 0 aromatic heterocycles. The fraction of sp³-hybridized carbons (Fsp3) is 0.533. The number of nitrogens with two attached hydrogens (primary N) is 1. The largest absolute Gasteiger partial charge is 0.398 e. The number of nitrogens with one attached hydrogen (secondary N) is 1. The molecule has 2 rings (SSSR count). The van der Waals surface area contributed by atoms with Crippen LogP contribution in [0.3, 0.4) is 0 Å². The van der Waals surface area contributed by atoms with Gasteiger partial charge in [0.2, 0.25) is 0 Å². The molecule has 1 aliphatic rings. The molecule has 1 aromatic carbocycles. The lowest BCUT2D eigenvalue weighted by Gasteiger charge is -2.33. The van der Waals surface area contributed by atoms with Crippen molar-refractivity contribution in [3.8, 4) is 0 Å². The Kier molecular flexibility index (Phi) is 4.45. The fourth-order valence-electron chi connectivity index (χ4n) is 2.83. The van der Waals surface area contributed by atoms with Crippen molar-refractivity contribution < 1.29 is 9.72 Å².